The number of hydrogen-bond donors (Lipinski definition) is 1. The van der Waals surface area contributed by atoms with E-state index in [4.69, 9.17) is 14.2 Å². The summed E-state index contributed by atoms with van der Waals surface area (Å²) in [5.41, 5.74) is 2.16. The Morgan fingerprint density at radius 3 is 2.00 bits per heavy atom. The molecule has 0 heterocycles. The van der Waals surface area contributed by atoms with Crippen molar-refractivity contribution in [1.29, 1.82) is 0 Å². The average Bonchev–Trinajstić information content (AvgIpc) is 2.85. The summed E-state index contributed by atoms with van der Waals surface area (Å²) >= 11 is 0. The van der Waals surface area contributed by atoms with Gasteiger partial charge < -0.3 is 19.5 Å². The van der Waals surface area contributed by atoms with Crippen molar-refractivity contribution in [1.82, 2.24) is 5.32 Å². The minimum Gasteiger partial charge on any atom is -0.497 e. The third-order valence-electron chi connectivity index (χ3n) is 4.81. The number of esters is 1. The van der Waals surface area contributed by atoms with E-state index in [9.17, 15) is 14.0 Å². The lowest BCUT2D eigenvalue weighted by Gasteiger charge is -2.20. The quantitative estimate of drug-likeness (QED) is 0.389. The van der Waals surface area contributed by atoms with Crippen LogP contribution in [-0.4, -0.2) is 32.7 Å². The molecule has 0 aliphatic carbocycles. The first-order valence-electron chi connectivity index (χ1n) is 10.2. The molecule has 0 saturated carbocycles. The van der Waals surface area contributed by atoms with E-state index in [1.54, 1.807) is 44.6 Å². The zero-order chi connectivity index (χ0) is 23.6. The maximum atomic E-state index is 13.2. The molecule has 7 heteroatoms. The summed E-state index contributed by atoms with van der Waals surface area (Å²) in [4.78, 5) is 24.5. The summed E-state index contributed by atoms with van der Waals surface area (Å²) in [5.74, 6) is -0.206. The first kappa shape index (κ1) is 23.5. The second-order valence-corrected chi connectivity index (χ2v) is 7.04. The highest BCUT2D eigenvalue weighted by molar-refractivity contribution is 5.89. The van der Waals surface area contributed by atoms with Crippen LogP contribution in [0.2, 0.25) is 0 Å². The highest BCUT2D eigenvalue weighted by atomic mass is 19.1. The van der Waals surface area contributed by atoms with E-state index in [1.165, 1.54) is 24.3 Å². The summed E-state index contributed by atoms with van der Waals surface area (Å²) in [6.07, 6.45) is 2.56. The molecule has 6 nitrogen and oxygen atoms in total. The summed E-state index contributed by atoms with van der Waals surface area (Å²) < 4.78 is 28.7. The summed E-state index contributed by atoms with van der Waals surface area (Å²) in [5, 5.41) is 2.89. The summed E-state index contributed by atoms with van der Waals surface area (Å²) in [6, 6.07) is 19.9. The van der Waals surface area contributed by atoms with Gasteiger partial charge in [-0.05, 0) is 59.2 Å². The van der Waals surface area contributed by atoms with Gasteiger partial charge in [-0.2, -0.15) is 0 Å². The van der Waals surface area contributed by atoms with Crippen LogP contribution < -0.4 is 14.8 Å². The Labute approximate surface area is 191 Å². The fraction of sp³-hybridized carbons (Fsp3) is 0.154. The number of ether oxygens (including phenoxy) is 3. The number of methoxy groups -OCH3 is 2. The summed E-state index contributed by atoms with van der Waals surface area (Å²) in [6.45, 7) is -0.463. The number of rotatable bonds is 9. The van der Waals surface area contributed by atoms with Gasteiger partial charge in [0.15, 0.2) is 6.61 Å². The van der Waals surface area contributed by atoms with Crippen LogP contribution in [0.5, 0.6) is 11.5 Å². The molecule has 33 heavy (non-hydrogen) atoms. The number of amides is 1. The Morgan fingerprint density at radius 2 is 1.48 bits per heavy atom. The lowest BCUT2D eigenvalue weighted by atomic mass is 9.98. The highest BCUT2D eigenvalue weighted by Gasteiger charge is 2.18. The molecule has 0 bridgehead atoms. The Hall–Kier alpha value is -4.13. The number of benzene rings is 3. The predicted molar refractivity (Wildman–Crippen MR) is 122 cm³/mol. The van der Waals surface area contributed by atoms with Gasteiger partial charge in [0, 0.05) is 6.08 Å². The van der Waals surface area contributed by atoms with E-state index in [1.807, 2.05) is 24.3 Å². The van der Waals surface area contributed by atoms with Gasteiger partial charge in [0.25, 0.3) is 5.91 Å². The zero-order valence-electron chi connectivity index (χ0n) is 18.3. The van der Waals surface area contributed by atoms with Gasteiger partial charge in [0.05, 0.1) is 20.3 Å². The first-order valence-corrected chi connectivity index (χ1v) is 10.2. The fourth-order valence-corrected chi connectivity index (χ4v) is 3.11. The maximum absolute atomic E-state index is 13.2. The average molecular weight is 449 g/mol. The minimum atomic E-state index is -0.708. The van der Waals surface area contributed by atoms with E-state index in [-0.39, 0.29) is 0 Å². The Balaban J connectivity index is 1.66. The molecule has 0 aliphatic rings. The van der Waals surface area contributed by atoms with Crippen molar-refractivity contribution >= 4 is 18.0 Å². The summed E-state index contributed by atoms with van der Waals surface area (Å²) in [7, 11) is 3.16. The van der Waals surface area contributed by atoms with Crippen LogP contribution in [0, 0.1) is 5.82 Å². The molecule has 0 saturated heterocycles. The van der Waals surface area contributed by atoms with Crippen LogP contribution in [0.3, 0.4) is 0 Å². The van der Waals surface area contributed by atoms with Crippen LogP contribution in [0.1, 0.15) is 22.7 Å². The Morgan fingerprint density at radius 1 is 0.909 bits per heavy atom. The van der Waals surface area contributed by atoms with Crippen molar-refractivity contribution in [3.8, 4) is 11.5 Å². The van der Waals surface area contributed by atoms with E-state index in [2.05, 4.69) is 5.32 Å². The number of carbonyl (C=O) groups excluding carboxylic acids is 2. The standard InChI is InChI=1S/C26H24FNO5/c1-31-22-11-7-19(8-12-22)26(20-9-13-23(32-2)14-10-20)28-24(29)17-33-25(30)15-6-18-4-3-5-21(27)16-18/h3-16,26H,17H2,1-2H3,(H,28,29)/b15-6+. The van der Waals surface area contributed by atoms with Gasteiger partial charge in [-0.3, -0.25) is 4.79 Å². The normalized spacial score (nSPS) is 10.8. The smallest absolute Gasteiger partial charge is 0.331 e. The molecule has 0 spiro atoms. The number of carbonyl (C=O) groups is 2. The third-order valence-corrected chi connectivity index (χ3v) is 4.81. The number of hydrogen-bond acceptors (Lipinski definition) is 5. The van der Waals surface area contributed by atoms with Crippen LogP contribution in [0.4, 0.5) is 4.39 Å². The first-order chi connectivity index (χ1) is 16.0. The van der Waals surface area contributed by atoms with Gasteiger partial charge >= 0.3 is 5.97 Å². The van der Waals surface area contributed by atoms with Gasteiger partial charge in [-0.1, -0.05) is 36.4 Å². The van der Waals surface area contributed by atoms with Crippen LogP contribution in [-0.2, 0) is 14.3 Å². The van der Waals surface area contributed by atoms with Crippen molar-refractivity contribution in [2.75, 3.05) is 20.8 Å². The Kier molecular flexibility index (Phi) is 8.18. The van der Waals surface area contributed by atoms with Gasteiger partial charge in [0.1, 0.15) is 17.3 Å². The fourth-order valence-electron chi connectivity index (χ4n) is 3.11. The van der Waals surface area contributed by atoms with Crippen molar-refractivity contribution in [3.05, 3.63) is 101 Å². The van der Waals surface area contributed by atoms with Gasteiger partial charge in [-0.25, -0.2) is 9.18 Å². The molecule has 0 aromatic heterocycles. The van der Waals surface area contributed by atoms with Crippen LogP contribution in [0.25, 0.3) is 6.08 Å². The molecule has 3 aromatic rings. The second-order valence-electron chi connectivity index (χ2n) is 7.04. The number of halogens is 1. The molecule has 170 valence electrons. The van der Waals surface area contributed by atoms with E-state index in [0.29, 0.717) is 17.1 Å². The molecule has 3 aromatic carbocycles. The van der Waals surface area contributed by atoms with Gasteiger partial charge in [-0.15, -0.1) is 0 Å². The molecule has 1 N–H and O–H groups in total. The monoisotopic (exact) mass is 449 g/mol. The van der Waals surface area contributed by atoms with Crippen LogP contribution in [0.15, 0.2) is 78.9 Å². The van der Waals surface area contributed by atoms with Crippen molar-refractivity contribution in [2.45, 2.75) is 6.04 Å². The molecular weight excluding hydrogens is 425 g/mol. The lowest BCUT2D eigenvalue weighted by Crippen LogP contribution is -2.33. The van der Waals surface area contributed by atoms with E-state index < -0.39 is 30.3 Å². The van der Waals surface area contributed by atoms with Crippen LogP contribution >= 0.6 is 0 Å². The predicted octanol–water partition coefficient (Wildman–Crippen LogP) is 4.31. The molecule has 1 amide bonds. The largest absolute Gasteiger partial charge is 0.497 e. The third kappa shape index (κ3) is 6.93. The minimum absolute atomic E-state index is 0.409. The van der Waals surface area contributed by atoms with E-state index in [0.717, 1.165) is 17.2 Å². The molecule has 0 fully saturated rings. The molecule has 0 atom stereocenters. The highest BCUT2D eigenvalue weighted by Crippen LogP contribution is 2.26. The van der Waals surface area contributed by atoms with Crippen molar-refractivity contribution in [3.63, 3.8) is 0 Å². The maximum Gasteiger partial charge on any atom is 0.331 e. The van der Waals surface area contributed by atoms with Crippen molar-refractivity contribution < 1.29 is 28.2 Å². The zero-order valence-corrected chi connectivity index (χ0v) is 18.3. The number of nitrogens with one attached hydrogen (secondary N) is 1. The molecule has 0 unspecified atom stereocenters. The molecule has 0 radical (unpaired) electrons. The van der Waals surface area contributed by atoms with Gasteiger partial charge in [0.2, 0.25) is 0 Å². The molecular formula is C26H24FNO5. The lowest BCUT2D eigenvalue weighted by molar-refractivity contribution is -0.143. The molecule has 3 rings (SSSR count). The van der Waals surface area contributed by atoms with E-state index >= 15 is 0 Å². The SMILES string of the molecule is COc1ccc(C(NC(=O)COC(=O)/C=C/c2cccc(F)c2)c2ccc(OC)cc2)cc1. The molecule has 0 aliphatic heterocycles. The van der Waals surface area contributed by atoms with Crippen molar-refractivity contribution in [2.24, 2.45) is 0 Å². The Bertz CT molecular complexity index is 1060. The second kappa shape index (κ2) is 11.5. The topological polar surface area (TPSA) is 73.9 Å².